The van der Waals surface area contributed by atoms with Gasteiger partial charge in [-0.1, -0.05) is 28.5 Å². The molecule has 0 fully saturated rings. The van der Waals surface area contributed by atoms with E-state index in [9.17, 15) is 24.3 Å². The lowest BCUT2D eigenvalue weighted by atomic mass is 10.1. The molecule has 1 unspecified atom stereocenters. The number of carbonyl (C=O) groups excluding carboxylic acids is 2. The Labute approximate surface area is 225 Å². The molecule has 0 aliphatic carbocycles. The first kappa shape index (κ1) is 28.7. The van der Waals surface area contributed by atoms with Crippen LogP contribution in [-0.2, 0) is 16.1 Å². The maximum atomic E-state index is 12.6. The van der Waals surface area contributed by atoms with Gasteiger partial charge in [-0.2, -0.15) is 4.98 Å². The molecule has 38 heavy (non-hydrogen) atoms. The van der Waals surface area contributed by atoms with Crippen molar-refractivity contribution in [1.82, 2.24) is 30.6 Å². The third kappa shape index (κ3) is 8.62. The standard InChI is InChI=1S/C23H28N8O5S2/c1-2-37-38-10-9-25-17(32)8-7-16(22(35)36)29-20(33)13-3-5-14(6-4-13)26-11-15-12-27-19-18(28-15)21(34)31-23(24)30-19/h3-6,12,16,26H,2,7-11H2,1H3,(H,25,32)(H,29,33)(H,35,36)(H3,24,27,30,31,34). The average molecular weight is 561 g/mol. The largest absolute Gasteiger partial charge is 0.480 e. The first-order valence-electron chi connectivity index (χ1n) is 11.7. The van der Waals surface area contributed by atoms with E-state index in [1.165, 1.54) is 6.20 Å². The minimum Gasteiger partial charge on any atom is -0.480 e. The minimum absolute atomic E-state index is 0.0152. The molecule has 2 aromatic heterocycles. The van der Waals surface area contributed by atoms with Gasteiger partial charge in [-0.05, 0) is 30.7 Å². The number of aromatic amines is 1. The van der Waals surface area contributed by atoms with E-state index in [-0.39, 0.29) is 48.0 Å². The first-order chi connectivity index (χ1) is 18.3. The van der Waals surface area contributed by atoms with Gasteiger partial charge in [-0.15, -0.1) is 0 Å². The summed E-state index contributed by atoms with van der Waals surface area (Å²) in [6.45, 7) is 2.79. The summed E-state index contributed by atoms with van der Waals surface area (Å²) in [5.74, 6) is -0.341. The van der Waals surface area contributed by atoms with Crippen molar-refractivity contribution in [3.8, 4) is 0 Å². The summed E-state index contributed by atoms with van der Waals surface area (Å²) in [6, 6.07) is 5.18. The Morgan fingerprint density at radius 2 is 1.92 bits per heavy atom. The van der Waals surface area contributed by atoms with Crippen molar-refractivity contribution in [3.63, 3.8) is 0 Å². The fraction of sp³-hybridized carbons (Fsp3) is 0.348. The molecule has 0 aliphatic heterocycles. The van der Waals surface area contributed by atoms with Crippen LogP contribution in [0.3, 0.4) is 0 Å². The number of hydrogen-bond donors (Lipinski definition) is 6. The van der Waals surface area contributed by atoms with Crippen LogP contribution in [0.4, 0.5) is 11.6 Å². The van der Waals surface area contributed by atoms with Crippen LogP contribution in [0.2, 0.25) is 0 Å². The van der Waals surface area contributed by atoms with Crippen LogP contribution >= 0.6 is 21.6 Å². The van der Waals surface area contributed by atoms with Gasteiger partial charge in [-0.3, -0.25) is 19.4 Å². The Hall–Kier alpha value is -3.85. The fourth-order valence-electron chi connectivity index (χ4n) is 3.23. The molecule has 13 nitrogen and oxygen atoms in total. The van der Waals surface area contributed by atoms with Gasteiger partial charge in [0.15, 0.2) is 11.2 Å². The number of H-pyrrole nitrogens is 1. The van der Waals surface area contributed by atoms with Crippen LogP contribution in [0.25, 0.3) is 11.2 Å². The molecule has 0 aliphatic rings. The number of nitrogens with one attached hydrogen (secondary N) is 4. The number of anilines is 2. The highest BCUT2D eigenvalue weighted by molar-refractivity contribution is 8.76. The van der Waals surface area contributed by atoms with Crippen LogP contribution in [0.1, 0.15) is 35.8 Å². The maximum Gasteiger partial charge on any atom is 0.326 e. The number of carbonyl (C=O) groups is 3. The van der Waals surface area contributed by atoms with E-state index in [1.54, 1.807) is 45.9 Å². The summed E-state index contributed by atoms with van der Waals surface area (Å²) in [5, 5.41) is 17.8. The number of hydrogen-bond acceptors (Lipinski definition) is 11. The van der Waals surface area contributed by atoms with Crippen molar-refractivity contribution >= 4 is 62.2 Å². The second kappa shape index (κ2) is 14.2. The average Bonchev–Trinajstić information content (AvgIpc) is 2.89. The molecule has 0 bridgehead atoms. The molecule has 0 saturated heterocycles. The number of benzene rings is 1. The summed E-state index contributed by atoms with van der Waals surface area (Å²) in [4.78, 5) is 62.8. The number of carboxylic acid groups (broad SMARTS) is 1. The lowest BCUT2D eigenvalue weighted by molar-refractivity contribution is -0.139. The molecule has 3 aromatic rings. The van der Waals surface area contributed by atoms with Crippen molar-refractivity contribution in [1.29, 1.82) is 0 Å². The van der Waals surface area contributed by atoms with Gasteiger partial charge in [0.05, 0.1) is 18.4 Å². The number of rotatable bonds is 14. The van der Waals surface area contributed by atoms with Crippen LogP contribution in [-0.4, -0.2) is 66.9 Å². The Bertz CT molecular complexity index is 1340. The van der Waals surface area contributed by atoms with E-state index < -0.39 is 23.5 Å². The highest BCUT2D eigenvalue weighted by Gasteiger charge is 2.21. The third-order valence-electron chi connectivity index (χ3n) is 5.08. The SMILES string of the molecule is CCSSCCNC(=O)CCC(NC(=O)c1ccc(NCc2cnc3nc(N)[nH]c(=O)c3n2)cc1)C(=O)O. The highest BCUT2D eigenvalue weighted by Crippen LogP contribution is 2.19. The summed E-state index contributed by atoms with van der Waals surface area (Å²) in [7, 11) is 3.36. The number of amides is 2. The van der Waals surface area contributed by atoms with Crippen molar-refractivity contribution in [2.45, 2.75) is 32.4 Å². The van der Waals surface area contributed by atoms with Crippen molar-refractivity contribution in [2.75, 3.05) is 29.1 Å². The molecule has 202 valence electrons. The second-order valence-corrected chi connectivity index (χ2v) is 10.8. The summed E-state index contributed by atoms with van der Waals surface area (Å²) in [5.41, 5.74) is 6.65. The molecule has 3 rings (SSSR count). The smallest absolute Gasteiger partial charge is 0.326 e. The van der Waals surface area contributed by atoms with Gasteiger partial charge in [0.2, 0.25) is 11.9 Å². The number of aliphatic carboxylic acids is 1. The van der Waals surface area contributed by atoms with Gasteiger partial charge >= 0.3 is 5.97 Å². The Balaban J connectivity index is 1.50. The number of nitrogens with two attached hydrogens (primary N) is 1. The second-order valence-electron chi connectivity index (χ2n) is 7.90. The van der Waals surface area contributed by atoms with Gasteiger partial charge in [0.25, 0.3) is 11.5 Å². The van der Waals surface area contributed by atoms with E-state index in [0.29, 0.717) is 17.9 Å². The summed E-state index contributed by atoms with van der Waals surface area (Å²) >= 11 is 0. The number of nitrogens with zero attached hydrogens (tertiary/aromatic N) is 3. The topological polar surface area (TPSA) is 205 Å². The molecular formula is C23H28N8O5S2. The summed E-state index contributed by atoms with van der Waals surface area (Å²) < 4.78 is 0. The normalized spacial score (nSPS) is 11.6. The molecule has 0 spiro atoms. The van der Waals surface area contributed by atoms with Crippen molar-refractivity contribution in [2.24, 2.45) is 0 Å². The van der Waals surface area contributed by atoms with E-state index in [1.807, 2.05) is 6.92 Å². The molecule has 2 heterocycles. The molecule has 1 aromatic carbocycles. The number of nitrogen functional groups attached to an aromatic ring is 1. The fourth-order valence-corrected chi connectivity index (χ4v) is 4.80. The summed E-state index contributed by atoms with van der Waals surface area (Å²) in [6.07, 6.45) is 1.43. The van der Waals surface area contributed by atoms with Gasteiger partial charge in [0.1, 0.15) is 6.04 Å². The van der Waals surface area contributed by atoms with Gasteiger partial charge in [-0.25, -0.2) is 14.8 Å². The predicted octanol–water partition coefficient (Wildman–Crippen LogP) is 1.39. The number of fused-ring (bicyclic) bond motifs is 1. The lowest BCUT2D eigenvalue weighted by Crippen LogP contribution is -2.41. The Kier molecular flexibility index (Phi) is 10.7. The van der Waals surface area contributed by atoms with Crippen LogP contribution in [0.5, 0.6) is 0 Å². The lowest BCUT2D eigenvalue weighted by Gasteiger charge is -2.15. The zero-order chi connectivity index (χ0) is 27.5. The Morgan fingerprint density at radius 3 is 2.63 bits per heavy atom. The van der Waals surface area contributed by atoms with E-state index in [0.717, 1.165) is 11.5 Å². The number of carboxylic acids is 1. The molecule has 15 heteroatoms. The quantitative estimate of drug-likeness (QED) is 0.122. The Morgan fingerprint density at radius 1 is 1.16 bits per heavy atom. The maximum absolute atomic E-state index is 12.6. The van der Waals surface area contributed by atoms with Crippen molar-refractivity contribution < 1.29 is 19.5 Å². The molecule has 0 radical (unpaired) electrons. The molecule has 2 amide bonds. The zero-order valence-electron chi connectivity index (χ0n) is 20.5. The van der Waals surface area contributed by atoms with Crippen LogP contribution in [0.15, 0.2) is 35.3 Å². The van der Waals surface area contributed by atoms with Gasteiger partial charge < -0.3 is 26.8 Å². The van der Waals surface area contributed by atoms with Crippen molar-refractivity contribution in [3.05, 3.63) is 52.1 Å². The predicted molar refractivity (Wildman–Crippen MR) is 148 cm³/mol. The number of aromatic nitrogens is 4. The van der Waals surface area contributed by atoms with E-state index >= 15 is 0 Å². The molecule has 0 saturated carbocycles. The molecular weight excluding hydrogens is 532 g/mol. The molecule has 1 atom stereocenters. The van der Waals surface area contributed by atoms with Gasteiger partial charge in [0, 0.05) is 35.7 Å². The zero-order valence-corrected chi connectivity index (χ0v) is 22.2. The third-order valence-corrected chi connectivity index (χ3v) is 7.56. The van der Waals surface area contributed by atoms with E-state index in [2.05, 4.69) is 35.9 Å². The van der Waals surface area contributed by atoms with E-state index in [4.69, 9.17) is 5.73 Å². The first-order valence-corrected chi connectivity index (χ1v) is 14.2. The highest BCUT2D eigenvalue weighted by atomic mass is 33.1. The minimum atomic E-state index is -1.22. The molecule has 7 N–H and O–H groups in total. The van der Waals surface area contributed by atoms with Crippen LogP contribution < -0.4 is 27.2 Å². The monoisotopic (exact) mass is 560 g/mol. The van der Waals surface area contributed by atoms with Crippen LogP contribution in [0, 0.1) is 0 Å².